The van der Waals surface area contributed by atoms with Gasteiger partial charge in [-0.1, -0.05) is 20.8 Å². The van der Waals surface area contributed by atoms with Crippen LogP contribution in [0.2, 0.25) is 0 Å². The van der Waals surface area contributed by atoms with E-state index in [2.05, 4.69) is 42.0 Å². The Morgan fingerprint density at radius 1 is 1.41 bits per heavy atom. The van der Waals surface area contributed by atoms with E-state index in [9.17, 15) is 5.11 Å². The molecule has 1 aromatic heterocycles. The molecule has 0 aliphatic heterocycles. The van der Waals surface area contributed by atoms with Crippen LogP contribution in [0.1, 0.15) is 45.9 Å². The van der Waals surface area contributed by atoms with Gasteiger partial charge in [-0.3, -0.25) is 0 Å². The van der Waals surface area contributed by atoms with Gasteiger partial charge in [0.1, 0.15) is 5.76 Å². The van der Waals surface area contributed by atoms with Crippen molar-refractivity contribution in [1.29, 1.82) is 0 Å². The molecule has 0 aliphatic carbocycles. The average molecular weight is 304 g/mol. The lowest BCUT2D eigenvalue weighted by Gasteiger charge is -2.23. The van der Waals surface area contributed by atoms with E-state index in [1.807, 2.05) is 19.1 Å². The van der Waals surface area contributed by atoms with E-state index < -0.39 is 0 Å². The smallest absolute Gasteiger partial charge is 0.169 e. The number of hydrogen-bond donors (Lipinski definition) is 2. The minimum absolute atomic E-state index is 0.107. The second kappa shape index (κ2) is 6.03. The molecule has 0 fully saturated rings. The number of hydrogen-bond acceptors (Lipinski definition) is 3. The molecule has 17 heavy (non-hydrogen) atoms. The predicted molar refractivity (Wildman–Crippen MR) is 72.9 cm³/mol. The first kappa shape index (κ1) is 14.7. The van der Waals surface area contributed by atoms with Gasteiger partial charge >= 0.3 is 0 Å². The molecule has 3 nitrogen and oxygen atoms in total. The Kier molecular flexibility index (Phi) is 5.22. The van der Waals surface area contributed by atoms with Crippen molar-refractivity contribution in [1.82, 2.24) is 5.32 Å². The molecule has 1 heterocycles. The summed E-state index contributed by atoms with van der Waals surface area (Å²) in [6.07, 6.45) is 0.463. The molecule has 0 bridgehead atoms. The number of halogens is 1. The molecule has 4 heteroatoms. The van der Waals surface area contributed by atoms with Crippen LogP contribution in [0.5, 0.6) is 0 Å². The standard InChI is InChI=1S/C13H22BrNO2/c1-9(11-5-6-12(14)17-11)15-8-10(16)7-13(2,3)4/h5-6,9-10,15-16H,7-8H2,1-4H3. The summed E-state index contributed by atoms with van der Waals surface area (Å²) in [6.45, 7) is 8.99. The molecule has 0 radical (unpaired) electrons. The van der Waals surface area contributed by atoms with Crippen LogP contribution in [0.4, 0.5) is 0 Å². The third-order valence-corrected chi connectivity index (χ3v) is 2.95. The Hall–Kier alpha value is -0.320. The fourth-order valence-electron chi connectivity index (χ4n) is 1.75. The van der Waals surface area contributed by atoms with Crippen LogP contribution in [0.15, 0.2) is 21.2 Å². The number of rotatable bonds is 5. The molecule has 0 saturated carbocycles. The molecule has 2 N–H and O–H groups in total. The summed E-state index contributed by atoms with van der Waals surface area (Å²) < 4.78 is 6.18. The van der Waals surface area contributed by atoms with Crippen molar-refractivity contribution in [3.63, 3.8) is 0 Å². The van der Waals surface area contributed by atoms with Crippen molar-refractivity contribution in [3.8, 4) is 0 Å². The Morgan fingerprint density at radius 2 is 2.06 bits per heavy atom. The van der Waals surface area contributed by atoms with E-state index >= 15 is 0 Å². The third kappa shape index (κ3) is 5.70. The largest absolute Gasteiger partial charge is 0.453 e. The second-order valence-corrected chi connectivity index (χ2v) is 6.47. The molecule has 0 aliphatic rings. The molecule has 0 spiro atoms. The van der Waals surface area contributed by atoms with Gasteiger partial charge in [0.2, 0.25) is 0 Å². The fourth-order valence-corrected chi connectivity index (χ4v) is 2.07. The predicted octanol–water partition coefficient (Wildman–Crippen LogP) is 3.49. The molecule has 1 rings (SSSR count). The highest BCUT2D eigenvalue weighted by Gasteiger charge is 2.18. The van der Waals surface area contributed by atoms with Gasteiger partial charge in [0.15, 0.2) is 4.67 Å². The highest BCUT2D eigenvalue weighted by Crippen LogP contribution is 2.22. The minimum atomic E-state index is -0.323. The Bertz CT molecular complexity index is 343. The van der Waals surface area contributed by atoms with Crippen LogP contribution >= 0.6 is 15.9 Å². The first-order valence-corrected chi connectivity index (χ1v) is 6.74. The van der Waals surface area contributed by atoms with Crippen LogP contribution in [-0.2, 0) is 0 Å². The van der Waals surface area contributed by atoms with Crippen molar-refractivity contribution in [2.45, 2.75) is 46.3 Å². The van der Waals surface area contributed by atoms with E-state index in [1.54, 1.807) is 0 Å². The molecule has 0 aromatic carbocycles. The van der Waals surface area contributed by atoms with Crippen molar-refractivity contribution < 1.29 is 9.52 Å². The quantitative estimate of drug-likeness (QED) is 0.875. The zero-order valence-corrected chi connectivity index (χ0v) is 12.5. The van der Waals surface area contributed by atoms with Crippen LogP contribution in [0.3, 0.4) is 0 Å². The van der Waals surface area contributed by atoms with Crippen molar-refractivity contribution in [3.05, 3.63) is 22.6 Å². The van der Waals surface area contributed by atoms with E-state index in [-0.39, 0.29) is 17.6 Å². The maximum Gasteiger partial charge on any atom is 0.169 e. The third-order valence-electron chi connectivity index (χ3n) is 2.53. The Labute approximate surface area is 112 Å². The molecule has 2 atom stereocenters. The van der Waals surface area contributed by atoms with Gasteiger partial charge in [-0.2, -0.15) is 0 Å². The number of nitrogens with one attached hydrogen (secondary N) is 1. The Morgan fingerprint density at radius 3 is 2.53 bits per heavy atom. The van der Waals surface area contributed by atoms with E-state index in [0.717, 1.165) is 16.9 Å². The molecule has 0 saturated heterocycles. The molecule has 0 amide bonds. The van der Waals surface area contributed by atoms with Gasteiger partial charge in [-0.25, -0.2) is 0 Å². The van der Waals surface area contributed by atoms with Crippen LogP contribution in [0, 0.1) is 5.41 Å². The molecule has 1 aromatic rings. The molecule has 2 unspecified atom stereocenters. The van der Waals surface area contributed by atoms with Gasteiger partial charge in [0.05, 0.1) is 12.1 Å². The van der Waals surface area contributed by atoms with E-state index in [1.165, 1.54) is 0 Å². The average Bonchev–Trinajstić information content (AvgIpc) is 2.58. The summed E-state index contributed by atoms with van der Waals surface area (Å²) >= 11 is 3.28. The summed E-state index contributed by atoms with van der Waals surface area (Å²) in [5.74, 6) is 0.875. The molecule has 98 valence electrons. The fraction of sp³-hybridized carbons (Fsp3) is 0.692. The zero-order chi connectivity index (χ0) is 13.1. The summed E-state index contributed by atoms with van der Waals surface area (Å²) in [5, 5.41) is 13.2. The maximum atomic E-state index is 9.88. The zero-order valence-electron chi connectivity index (χ0n) is 11.0. The van der Waals surface area contributed by atoms with Gasteiger partial charge in [0.25, 0.3) is 0 Å². The van der Waals surface area contributed by atoms with Gasteiger partial charge in [-0.15, -0.1) is 0 Å². The highest BCUT2D eigenvalue weighted by molar-refractivity contribution is 9.10. The minimum Gasteiger partial charge on any atom is -0.453 e. The topological polar surface area (TPSA) is 45.4 Å². The lowest BCUT2D eigenvalue weighted by atomic mass is 9.89. The number of aliphatic hydroxyl groups is 1. The molecular weight excluding hydrogens is 282 g/mol. The van der Waals surface area contributed by atoms with E-state index in [0.29, 0.717) is 6.54 Å². The van der Waals surface area contributed by atoms with Gasteiger partial charge in [0, 0.05) is 6.54 Å². The summed E-state index contributed by atoms with van der Waals surface area (Å²) in [5.41, 5.74) is 0.151. The lowest BCUT2D eigenvalue weighted by molar-refractivity contribution is 0.116. The Balaban J connectivity index is 2.35. The van der Waals surface area contributed by atoms with Crippen molar-refractivity contribution in [2.75, 3.05) is 6.54 Å². The van der Waals surface area contributed by atoms with Crippen LogP contribution < -0.4 is 5.32 Å². The second-order valence-electron chi connectivity index (χ2n) is 5.69. The highest BCUT2D eigenvalue weighted by atomic mass is 79.9. The first-order chi connectivity index (χ1) is 7.78. The van der Waals surface area contributed by atoms with Crippen molar-refractivity contribution >= 4 is 15.9 Å². The summed E-state index contributed by atoms with van der Waals surface area (Å²) in [7, 11) is 0. The number of aliphatic hydroxyl groups excluding tert-OH is 1. The van der Waals surface area contributed by atoms with Gasteiger partial charge in [-0.05, 0) is 46.8 Å². The maximum absolute atomic E-state index is 9.88. The first-order valence-electron chi connectivity index (χ1n) is 5.94. The number of furan rings is 1. The van der Waals surface area contributed by atoms with Crippen LogP contribution in [-0.4, -0.2) is 17.8 Å². The summed E-state index contributed by atoms with van der Waals surface area (Å²) in [6, 6.07) is 3.91. The SMILES string of the molecule is CC(NCC(O)CC(C)(C)C)c1ccc(Br)o1. The van der Waals surface area contributed by atoms with Gasteiger partial charge < -0.3 is 14.8 Å². The van der Waals surface area contributed by atoms with Crippen molar-refractivity contribution in [2.24, 2.45) is 5.41 Å². The van der Waals surface area contributed by atoms with E-state index in [4.69, 9.17) is 4.42 Å². The summed E-state index contributed by atoms with van der Waals surface area (Å²) in [4.78, 5) is 0. The lowest BCUT2D eigenvalue weighted by Crippen LogP contribution is -2.31. The van der Waals surface area contributed by atoms with Crippen LogP contribution in [0.25, 0.3) is 0 Å². The normalized spacial score (nSPS) is 15.9. The molecular formula is C13H22BrNO2. The monoisotopic (exact) mass is 303 g/mol.